The van der Waals surface area contributed by atoms with Crippen LogP contribution in [0.3, 0.4) is 0 Å². The van der Waals surface area contributed by atoms with E-state index in [1.54, 1.807) is 0 Å². The molecular weight excluding hydrogens is 230 g/mol. The molecule has 94 valence electrons. The molecule has 2 heteroatoms. The molecule has 1 fully saturated rings. The summed E-state index contributed by atoms with van der Waals surface area (Å²) < 4.78 is 0. The van der Waals surface area contributed by atoms with Crippen LogP contribution in [-0.4, -0.2) is 6.54 Å². The highest BCUT2D eigenvalue weighted by atomic mass is 35.5. The van der Waals surface area contributed by atoms with Gasteiger partial charge in [-0.25, -0.2) is 0 Å². The Kier molecular flexibility index (Phi) is 4.87. The minimum Gasteiger partial charge on any atom is -0.310 e. The predicted molar refractivity (Wildman–Crippen MR) is 74.4 cm³/mol. The molecule has 1 unspecified atom stereocenters. The van der Waals surface area contributed by atoms with Gasteiger partial charge < -0.3 is 5.32 Å². The van der Waals surface area contributed by atoms with E-state index in [1.807, 2.05) is 12.1 Å². The van der Waals surface area contributed by atoms with Crippen LogP contribution in [0.1, 0.15) is 50.6 Å². The lowest BCUT2D eigenvalue weighted by Crippen LogP contribution is -2.21. The van der Waals surface area contributed by atoms with Crippen molar-refractivity contribution in [2.75, 3.05) is 6.54 Å². The fraction of sp³-hybridized carbons (Fsp3) is 0.600. The normalized spacial score (nSPS) is 18.5. The zero-order valence-corrected chi connectivity index (χ0v) is 11.3. The van der Waals surface area contributed by atoms with E-state index >= 15 is 0 Å². The molecule has 1 aromatic rings. The highest BCUT2D eigenvalue weighted by molar-refractivity contribution is 6.31. The van der Waals surface area contributed by atoms with Crippen molar-refractivity contribution in [3.63, 3.8) is 0 Å². The molecule has 0 heterocycles. The number of halogens is 1. The lowest BCUT2D eigenvalue weighted by atomic mass is 10.0. The molecule has 0 aliphatic heterocycles. The van der Waals surface area contributed by atoms with E-state index in [0.717, 1.165) is 17.5 Å². The van der Waals surface area contributed by atoms with Gasteiger partial charge in [-0.2, -0.15) is 0 Å². The van der Waals surface area contributed by atoms with Crippen LogP contribution >= 0.6 is 11.6 Å². The van der Waals surface area contributed by atoms with Crippen LogP contribution in [0.2, 0.25) is 5.02 Å². The van der Waals surface area contributed by atoms with Crippen molar-refractivity contribution < 1.29 is 0 Å². The molecule has 0 saturated heterocycles. The second kappa shape index (κ2) is 6.42. The zero-order chi connectivity index (χ0) is 12.1. The van der Waals surface area contributed by atoms with E-state index in [-0.39, 0.29) is 0 Å². The summed E-state index contributed by atoms with van der Waals surface area (Å²) in [6.07, 6.45) is 7.05. The van der Waals surface area contributed by atoms with Gasteiger partial charge in [0, 0.05) is 11.1 Å². The van der Waals surface area contributed by atoms with Crippen molar-refractivity contribution in [1.82, 2.24) is 5.32 Å². The Morgan fingerprint density at radius 3 is 2.71 bits per heavy atom. The molecule has 1 saturated carbocycles. The minimum absolute atomic E-state index is 0.352. The topological polar surface area (TPSA) is 12.0 Å². The van der Waals surface area contributed by atoms with E-state index in [1.165, 1.54) is 37.7 Å². The highest BCUT2D eigenvalue weighted by Crippen LogP contribution is 2.27. The highest BCUT2D eigenvalue weighted by Gasteiger charge is 2.15. The Morgan fingerprint density at radius 1 is 1.29 bits per heavy atom. The molecule has 2 rings (SSSR count). The van der Waals surface area contributed by atoms with E-state index in [2.05, 4.69) is 24.4 Å². The second-order valence-corrected chi connectivity index (χ2v) is 5.54. The van der Waals surface area contributed by atoms with Crippen LogP contribution < -0.4 is 5.32 Å². The summed E-state index contributed by atoms with van der Waals surface area (Å²) in [4.78, 5) is 0. The largest absolute Gasteiger partial charge is 0.310 e. The predicted octanol–water partition coefficient (Wildman–Crippen LogP) is 4.57. The van der Waals surface area contributed by atoms with E-state index in [0.29, 0.717) is 6.04 Å². The van der Waals surface area contributed by atoms with Gasteiger partial charge in [0.25, 0.3) is 0 Å². The number of nitrogens with one attached hydrogen (secondary N) is 1. The van der Waals surface area contributed by atoms with Gasteiger partial charge in [0.1, 0.15) is 0 Å². The van der Waals surface area contributed by atoms with Crippen LogP contribution in [0.4, 0.5) is 0 Å². The lowest BCUT2D eigenvalue weighted by Gasteiger charge is -2.17. The minimum atomic E-state index is 0.352. The molecule has 0 spiro atoms. The van der Waals surface area contributed by atoms with Gasteiger partial charge in [-0.05, 0) is 37.4 Å². The molecule has 0 aromatic heterocycles. The molecule has 1 aliphatic carbocycles. The third-order valence-electron chi connectivity index (χ3n) is 3.85. The van der Waals surface area contributed by atoms with Gasteiger partial charge in [0.2, 0.25) is 0 Å². The van der Waals surface area contributed by atoms with Gasteiger partial charge >= 0.3 is 0 Å². The summed E-state index contributed by atoms with van der Waals surface area (Å²) in [5.74, 6) is 0.959. The molecule has 17 heavy (non-hydrogen) atoms. The van der Waals surface area contributed by atoms with E-state index in [9.17, 15) is 0 Å². The Balaban J connectivity index is 1.77. The smallest absolute Gasteiger partial charge is 0.0453 e. The summed E-state index contributed by atoms with van der Waals surface area (Å²) in [5.41, 5.74) is 1.21. The molecule has 0 bridgehead atoms. The molecule has 1 nitrogen and oxygen atoms in total. The average molecular weight is 252 g/mol. The van der Waals surface area contributed by atoms with Crippen LogP contribution in [-0.2, 0) is 0 Å². The summed E-state index contributed by atoms with van der Waals surface area (Å²) in [6.45, 7) is 3.30. The first-order valence-corrected chi connectivity index (χ1v) is 7.13. The van der Waals surface area contributed by atoms with Gasteiger partial charge in [0.05, 0.1) is 0 Å². The second-order valence-electron chi connectivity index (χ2n) is 5.14. The fourth-order valence-electron chi connectivity index (χ4n) is 2.74. The van der Waals surface area contributed by atoms with Crippen molar-refractivity contribution in [1.29, 1.82) is 0 Å². The molecule has 1 atom stereocenters. The van der Waals surface area contributed by atoms with Crippen LogP contribution in [0, 0.1) is 5.92 Å². The van der Waals surface area contributed by atoms with Gasteiger partial charge in [-0.3, -0.25) is 0 Å². The molecule has 0 amide bonds. The Hall–Kier alpha value is -0.530. The monoisotopic (exact) mass is 251 g/mol. The quantitative estimate of drug-likeness (QED) is 0.808. The van der Waals surface area contributed by atoms with Crippen molar-refractivity contribution >= 4 is 11.6 Å². The standard InChI is InChI=1S/C15H22ClN/c1-12(14-8-4-5-9-15(14)16)17-11-10-13-6-2-3-7-13/h4-5,8-9,12-13,17H,2-3,6-7,10-11H2,1H3. The third-order valence-corrected chi connectivity index (χ3v) is 4.19. The van der Waals surface area contributed by atoms with Gasteiger partial charge in [0.15, 0.2) is 0 Å². The molecule has 1 aromatic carbocycles. The average Bonchev–Trinajstić information content (AvgIpc) is 2.82. The van der Waals surface area contributed by atoms with Crippen molar-refractivity contribution in [2.45, 2.75) is 45.1 Å². The molecule has 1 N–H and O–H groups in total. The summed E-state index contributed by atoms with van der Waals surface area (Å²) in [6, 6.07) is 8.46. The summed E-state index contributed by atoms with van der Waals surface area (Å²) >= 11 is 6.19. The Morgan fingerprint density at radius 2 is 2.00 bits per heavy atom. The summed E-state index contributed by atoms with van der Waals surface area (Å²) in [5, 5.41) is 4.45. The Bertz CT molecular complexity index is 345. The summed E-state index contributed by atoms with van der Waals surface area (Å²) in [7, 11) is 0. The Labute approximate surface area is 110 Å². The van der Waals surface area contributed by atoms with Crippen LogP contribution in [0.25, 0.3) is 0 Å². The van der Waals surface area contributed by atoms with Crippen molar-refractivity contribution in [2.24, 2.45) is 5.92 Å². The van der Waals surface area contributed by atoms with Crippen molar-refractivity contribution in [3.05, 3.63) is 34.9 Å². The number of benzene rings is 1. The molecular formula is C15H22ClN. The van der Waals surface area contributed by atoms with Gasteiger partial charge in [-0.1, -0.05) is 55.5 Å². The van der Waals surface area contributed by atoms with Gasteiger partial charge in [-0.15, -0.1) is 0 Å². The first kappa shape index (κ1) is 12.9. The van der Waals surface area contributed by atoms with Crippen LogP contribution in [0.15, 0.2) is 24.3 Å². The number of rotatable bonds is 5. The first-order chi connectivity index (χ1) is 8.27. The molecule has 1 aliphatic rings. The van der Waals surface area contributed by atoms with E-state index in [4.69, 9.17) is 11.6 Å². The fourth-order valence-corrected chi connectivity index (χ4v) is 3.04. The zero-order valence-electron chi connectivity index (χ0n) is 10.6. The maximum Gasteiger partial charge on any atom is 0.0453 e. The number of hydrogen-bond donors (Lipinski definition) is 1. The third kappa shape index (κ3) is 3.72. The van der Waals surface area contributed by atoms with Crippen molar-refractivity contribution in [3.8, 4) is 0 Å². The maximum absolute atomic E-state index is 6.19. The maximum atomic E-state index is 6.19. The first-order valence-electron chi connectivity index (χ1n) is 6.75. The number of hydrogen-bond acceptors (Lipinski definition) is 1. The van der Waals surface area contributed by atoms with E-state index < -0.39 is 0 Å². The lowest BCUT2D eigenvalue weighted by molar-refractivity contribution is 0.455. The van der Waals surface area contributed by atoms with Crippen LogP contribution in [0.5, 0.6) is 0 Å². The SMILES string of the molecule is CC(NCCC1CCCC1)c1ccccc1Cl. The molecule has 0 radical (unpaired) electrons.